The van der Waals surface area contributed by atoms with Crippen molar-refractivity contribution in [2.45, 2.75) is 65.5 Å². The zero-order valence-electron chi connectivity index (χ0n) is 12.2. The van der Waals surface area contributed by atoms with Crippen LogP contribution in [0.2, 0.25) is 5.02 Å². The van der Waals surface area contributed by atoms with Crippen molar-refractivity contribution in [2.24, 2.45) is 11.8 Å². The first kappa shape index (κ1) is 14.9. The van der Waals surface area contributed by atoms with Crippen LogP contribution in [-0.2, 0) is 19.4 Å². The van der Waals surface area contributed by atoms with E-state index in [0.29, 0.717) is 18.3 Å². The Hall–Kier alpha value is -0.540. The molecule has 1 heterocycles. The first-order chi connectivity index (χ1) is 9.08. The number of nitrogens with zero attached hydrogens (tertiary/aromatic N) is 2. The minimum absolute atomic E-state index is 0.290. The Bertz CT molecular complexity index is 430. The molecule has 1 saturated carbocycles. The molecule has 1 aromatic rings. The van der Waals surface area contributed by atoms with Crippen molar-refractivity contribution < 1.29 is 5.11 Å². The standard InChI is InChI=1S/C15H25ClN2O/c1-4-12-15(16)13(18(5-2)17-12)9-14(19)11-8-6-7-10(11)3/h10-11,14,19H,4-9H2,1-3H3. The number of aliphatic hydroxyl groups is 1. The van der Waals surface area contributed by atoms with Crippen LogP contribution in [0.5, 0.6) is 0 Å². The van der Waals surface area contributed by atoms with Gasteiger partial charge >= 0.3 is 0 Å². The summed E-state index contributed by atoms with van der Waals surface area (Å²) in [6, 6.07) is 0. The molecule has 3 nitrogen and oxygen atoms in total. The largest absolute Gasteiger partial charge is 0.392 e. The lowest BCUT2D eigenvalue weighted by Gasteiger charge is -2.22. The summed E-state index contributed by atoms with van der Waals surface area (Å²) >= 11 is 6.40. The van der Waals surface area contributed by atoms with Crippen molar-refractivity contribution in [1.29, 1.82) is 0 Å². The van der Waals surface area contributed by atoms with E-state index >= 15 is 0 Å². The Morgan fingerprint density at radius 1 is 1.42 bits per heavy atom. The van der Waals surface area contributed by atoms with Crippen LogP contribution in [0.1, 0.15) is 51.4 Å². The average molecular weight is 285 g/mol. The third kappa shape index (κ3) is 2.97. The molecular weight excluding hydrogens is 260 g/mol. The summed E-state index contributed by atoms with van der Waals surface area (Å²) in [6.45, 7) is 7.18. The fraction of sp³-hybridized carbons (Fsp3) is 0.800. The Kier molecular flexibility index (Phi) is 4.91. The van der Waals surface area contributed by atoms with Crippen LogP contribution in [0.25, 0.3) is 0 Å². The minimum atomic E-state index is -0.290. The van der Waals surface area contributed by atoms with Gasteiger partial charge in [-0.2, -0.15) is 5.10 Å². The van der Waals surface area contributed by atoms with Crippen LogP contribution >= 0.6 is 11.6 Å². The highest BCUT2D eigenvalue weighted by Crippen LogP contribution is 2.35. The summed E-state index contributed by atoms with van der Waals surface area (Å²) in [4.78, 5) is 0. The van der Waals surface area contributed by atoms with E-state index in [4.69, 9.17) is 11.6 Å². The minimum Gasteiger partial charge on any atom is -0.392 e. The summed E-state index contributed by atoms with van der Waals surface area (Å²) in [5.74, 6) is 1.04. The van der Waals surface area contributed by atoms with Gasteiger partial charge in [0.05, 0.1) is 22.5 Å². The van der Waals surface area contributed by atoms with E-state index in [1.165, 1.54) is 12.8 Å². The van der Waals surface area contributed by atoms with E-state index in [2.05, 4.69) is 25.9 Å². The second kappa shape index (κ2) is 6.27. The average Bonchev–Trinajstić information content (AvgIpc) is 2.95. The zero-order valence-corrected chi connectivity index (χ0v) is 13.0. The van der Waals surface area contributed by atoms with Gasteiger partial charge in [-0.3, -0.25) is 4.68 Å². The topological polar surface area (TPSA) is 38.0 Å². The molecule has 2 rings (SSSR count). The molecule has 4 heteroatoms. The van der Waals surface area contributed by atoms with Gasteiger partial charge in [-0.25, -0.2) is 0 Å². The van der Waals surface area contributed by atoms with Crippen molar-refractivity contribution in [3.63, 3.8) is 0 Å². The lowest BCUT2D eigenvalue weighted by molar-refractivity contribution is 0.0882. The third-order valence-corrected chi connectivity index (χ3v) is 4.95. The highest BCUT2D eigenvalue weighted by molar-refractivity contribution is 6.31. The van der Waals surface area contributed by atoms with Gasteiger partial charge in [0.25, 0.3) is 0 Å². The molecule has 108 valence electrons. The molecule has 0 saturated heterocycles. The second-order valence-electron chi connectivity index (χ2n) is 5.72. The summed E-state index contributed by atoms with van der Waals surface area (Å²) in [5, 5.41) is 15.8. The Balaban J connectivity index is 2.15. The van der Waals surface area contributed by atoms with Gasteiger partial charge in [-0.1, -0.05) is 38.3 Å². The molecular formula is C15H25ClN2O. The first-order valence-corrected chi connectivity index (χ1v) is 7.88. The maximum atomic E-state index is 10.5. The molecule has 0 radical (unpaired) electrons. The number of aliphatic hydroxyl groups excluding tert-OH is 1. The van der Waals surface area contributed by atoms with Gasteiger partial charge in [0.1, 0.15) is 0 Å². The van der Waals surface area contributed by atoms with Crippen LogP contribution in [-0.4, -0.2) is 21.0 Å². The fourth-order valence-electron chi connectivity index (χ4n) is 3.31. The maximum Gasteiger partial charge on any atom is 0.0850 e. The van der Waals surface area contributed by atoms with Crippen molar-refractivity contribution in [2.75, 3.05) is 0 Å². The molecule has 0 bridgehead atoms. The number of aromatic nitrogens is 2. The second-order valence-corrected chi connectivity index (χ2v) is 6.10. The Morgan fingerprint density at radius 3 is 2.68 bits per heavy atom. The van der Waals surface area contributed by atoms with Crippen LogP contribution < -0.4 is 0 Å². The molecule has 1 fully saturated rings. The lowest BCUT2D eigenvalue weighted by atomic mass is 9.89. The number of rotatable bonds is 5. The molecule has 0 aliphatic heterocycles. The quantitative estimate of drug-likeness (QED) is 0.899. The monoisotopic (exact) mass is 284 g/mol. The third-order valence-electron chi connectivity index (χ3n) is 4.52. The Labute approximate surface area is 121 Å². The van der Waals surface area contributed by atoms with E-state index in [0.717, 1.165) is 35.8 Å². The fourth-order valence-corrected chi connectivity index (χ4v) is 3.65. The van der Waals surface area contributed by atoms with Gasteiger partial charge in [0.15, 0.2) is 0 Å². The summed E-state index contributed by atoms with van der Waals surface area (Å²) < 4.78 is 1.95. The number of hydrogen-bond donors (Lipinski definition) is 1. The van der Waals surface area contributed by atoms with Crippen molar-refractivity contribution in [1.82, 2.24) is 9.78 Å². The van der Waals surface area contributed by atoms with E-state index in [9.17, 15) is 5.11 Å². The molecule has 0 spiro atoms. The SMILES string of the molecule is CCc1nn(CC)c(CC(O)C2CCCC2C)c1Cl. The highest BCUT2D eigenvalue weighted by Gasteiger charge is 2.31. The maximum absolute atomic E-state index is 10.5. The zero-order chi connectivity index (χ0) is 14.0. The summed E-state index contributed by atoms with van der Waals surface area (Å²) in [7, 11) is 0. The molecule has 1 aliphatic rings. The number of halogens is 1. The van der Waals surface area contributed by atoms with Gasteiger partial charge in [0, 0.05) is 13.0 Å². The highest BCUT2D eigenvalue weighted by atomic mass is 35.5. The lowest BCUT2D eigenvalue weighted by Crippen LogP contribution is -2.26. The van der Waals surface area contributed by atoms with Gasteiger partial charge in [-0.15, -0.1) is 0 Å². The van der Waals surface area contributed by atoms with E-state index in [1.54, 1.807) is 0 Å². The summed E-state index contributed by atoms with van der Waals surface area (Å²) in [5.41, 5.74) is 1.96. The van der Waals surface area contributed by atoms with Gasteiger partial charge < -0.3 is 5.11 Å². The molecule has 3 unspecified atom stereocenters. The first-order valence-electron chi connectivity index (χ1n) is 7.50. The van der Waals surface area contributed by atoms with Crippen LogP contribution in [0.4, 0.5) is 0 Å². The van der Waals surface area contributed by atoms with Crippen LogP contribution in [0.15, 0.2) is 0 Å². The molecule has 1 N–H and O–H groups in total. The van der Waals surface area contributed by atoms with E-state index in [-0.39, 0.29) is 6.10 Å². The number of aryl methyl sites for hydroxylation is 2. The van der Waals surface area contributed by atoms with Crippen LogP contribution in [0.3, 0.4) is 0 Å². The summed E-state index contributed by atoms with van der Waals surface area (Å²) in [6.07, 6.45) is 4.80. The van der Waals surface area contributed by atoms with Gasteiger partial charge in [-0.05, 0) is 31.6 Å². The van der Waals surface area contributed by atoms with Crippen molar-refractivity contribution in [3.8, 4) is 0 Å². The molecule has 3 atom stereocenters. The van der Waals surface area contributed by atoms with E-state index < -0.39 is 0 Å². The van der Waals surface area contributed by atoms with Gasteiger partial charge in [0.2, 0.25) is 0 Å². The molecule has 1 aromatic heterocycles. The predicted octanol–water partition coefficient (Wildman–Crippen LogP) is 3.46. The molecule has 1 aliphatic carbocycles. The predicted molar refractivity (Wildman–Crippen MR) is 78.5 cm³/mol. The molecule has 0 aromatic carbocycles. The smallest absolute Gasteiger partial charge is 0.0850 e. The molecule has 19 heavy (non-hydrogen) atoms. The number of hydrogen-bond acceptors (Lipinski definition) is 2. The van der Waals surface area contributed by atoms with Crippen LogP contribution in [0, 0.1) is 11.8 Å². The van der Waals surface area contributed by atoms with E-state index in [1.807, 2.05) is 4.68 Å². The van der Waals surface area contributed by atoms with Crippen molar-refractivity contribution >= 4 is 11.6 Å². The Morgan fingerprint density at radius 2 is 2.16 bits per heavy atom. The van der Waals surface area contributed by atoms with Crippen molar-refractivity contribution in [3.05, 3.63) is 16.4 Å². The molecule has 0 amide bonds. The normalized spacial score (nSPS) is 24.9.